The zero-order chi connectivity index (χ0) is 16.2. The van der Waals surface area contributed by atoms with Crippen LogP contribution < -0.4 is 5.32 Å². The zero-order valence-electron chi connectivity index (χ0n) is 12.6. The number of aromatic hydroxyl groups is 1. The second-order valence-corrected chi connectivity index (χ2v) is 6.12. The Kier molecular flexibility index (Phi) is 4.48. The molecule has 3 rings (SSSR count). The molecule has 23 heavy (non-hydrogen) atoms. The summed E-state index contributed by atoms with van der Waals surface area (Å²) in [7, 11) is 0. The lowest BCUT2D eigenvalue weighted by Gasteiger charge is -1.98. The number of hydrogen-bond acceptors (Lipinski definition) is 4. The van der Waals surface area contributed by atoms with Gasteiger partial charge in [-0.1, -0.05) is 31.2 Å². The van der Waals surface area contributed by atoms with Crippen molar-refractivity contribution in [2.45, 2.75) is 13.3 Å². The number of aryl methyl sites for hydroxylation is 1. The first kappa shape index (κ1) is 15.4. The first-order valence-corrected chi connectivity index (χ1v) is 8.13. The molecule has 2 N–H and O–H groups in total. The molecule has 116 valence electrons. The second-order valence-electron chi connectivity index (χ2n) is 5.09. The molecule has 4 nitrogen and oxygen atoms in total. The van der Waals surface area contributed by atoms with Crippen molar-refractivity contribution in [3.63, 3.8) is 0 Å². The van der Waals surface area contributed by atoms with Crippen molar-refractivity contribution >= 4 is 34.6 Å². The molecule has 0 aromatic heterocycles. The lowest BCUT2D eigenvalue weighted by atomic mass is 10.1. The molecular weight excluding hydrogens is 308 g/mol. The van der Waals surface area contributed by atoms with Crippen LogP contribution in [0.15, 0.2) is 58.4 Å². The average Bonchev–Trinajstić information content (AvgIpc) is 2.90. The molecule has 1 aliphatic heterocycles. The molecule has 2 aromatic carbocycles. The van der Waals surface area contributed by atoms with Gasteiger partial charge in [-0.15, -0.1) is 0 Å². The Balaban J connectivity index is 1.78. The number of carbonyl (C=O) groups excluding carboxylic acids is 1. The highest BCUT2D eigenvalue weighted by Gasteiger charge is 2.23. The number of hydrogen-bond donors (Lipinski definition) is 2. The Bertz CT molecular complexity index is 778. The molecule has 1 amide bonds. The van der Waals surface area contributed by atoms with E-state index in [2.05, 4.69) is 29.4 Å². The van der Waals surface area contributed by atoms with Crippen molar-refractivity contribution in [2.24, 2.45) is 4.99 Å². The van der Waals surface area contributed by atoms with E-state index in [1.165, 1.54) is 17.3 Å². The molecule has 0 aliphatic carbocycles. The Labute approximate surface area is 139 Å². The Hall–Kier alpha value is -2.53. The number of benzene rings is 2. The minimum Gasteiger partial charge on any atom is -0.508 e. The molecule has 0 bridgehead atoms. The minimum atomic E-state index is -0.146. The molecule has 5 heteroatoms. The number of nitrogens with zero attached hydrogens (tertiary/aromatic N) is 1. The van der Waals surface area contributed by atoms with Gasteiger partial charge in [0.1, 0.15) is 5.75 Å². The number of thioether (sulfide) groups is 1. The van der Waals surface area contributed by atoms with Crippen LogP contribution in [0, 0.1) is 0 Å². The van der Waals surface area contributed by atoms with Crippen molar-refractivity contribution in [3.8, 4) is 5.75 Å². The van der Waals surface area contributed by atoms with E-state index >= 15 is 0 Å². The van der Waals surface area contributed by atoms with E-state index in [1.54, 1.807) is 24.3 Å². The summed E-state index contributed by atoms with van der Waals surface area (Å²) < 4.78 is 0. The molecule has 0 unspecified atom stereocenters. The summed E-state index contributed by atoms with van der Waals surface area (Å²) in [5.41, 5.74) is 2.94. The summed E-state index contributed by atoms with van der Waals surface area (Å²) in [6.45, 7) is 2.11. The summed E-state index contributed by atoms with van der Waals surface area (Å²) in [5, 5.41) is 12.6. The molecule has 2 aromatic rings. The van der Waals surface area contributed by atoms with E-state index in [9.17, 15) is 9.90 Å². The quantitative estimate of drug-likeness (QED) is 0.843. The lowest BCUT2D eigenvalue weighted by molar-refractivity contribution is -0.115. The third-order valence-electron chi connectivity index (χ3n) is 3.42. The van der Waals surface area contributed by atoms with Crippen LogP contribution >= 0.6 is 11.8 Å². The molecule has 0 saturated carbocycles. The van der Waals surface area contributed by atoms with Gasteiger partial charge in [0, 0.05) is 0 Å². The fourth-order valence-corrected chi connectivity index (χ4v) is 2.97. The van der Waals surface area contributed by atoms with Crippen molar-refractivity contribution < 1.29 is 9.90 Å². The van der Waals surface area contributed by atoms with Gasteiger partial charge in [0.25, 0.3) is 5.91 Å². The van der Waals surface area contributed by atoms with E-state index in [0.29, 0.717) is 15.8 Å². The fraction of sp³-hybridized carbons (Fsp3) is 0.111. The average molecular weight is 324 g/mol. The van der Waals surface area contributed by atoms with Gasteiger partial charge in [-0.2, -0.15) is 0 Å². The van der Waals surface area contributed by atoms with Crippen LogP contribution in [0.25, 0.3) is 6.08 Å². The lowest BCUT2D eigenvalue weighted by Crippen LogP contribution is -2.19. The molecule has 1 heterocycles. The van der Waals surface area contributed by atoms with Crippen LogP contribution in [0.4, 0.5) is 5.69 Å². The number of aliphatic imine (C=N–C) groups is 1. The first-order valence-electron chi connectivity index (χ1n) is 7.31. The standard InChI is InChI=1S/C18H16N2O2S/c1-2-12-3-5-13(6-4-12)11-16-17(22)20-18(23-16)19-14-7-9-15(21)10-8-14/h3-11,21H,2H2,1H3,(H,19,20,22)/b16-11-. The topological polar surface area (TPSA) is 61.7 Å². The largest absolute Gasteiger partial charge is 0.508 e. The molecule has 1 saturated heterocycles. The van der Waals surface area contributed by atoms with Gasteiger partial charge < -0.3 is 10.4 Å². The summed E-state index contributed by atoms with van der Waals surface area (Å²) >= 11 is 1.31. The van der Waals surface area contributed by atoms with Crippen LogP contribution in [0.2, 0.25) is 0 Å². The summed E-state index contributed by atoms with van der Waals surface area (Å²) in [4.78, 5) is 17.0. The number of carbonyl (C=O) groups is 1. The minimum absolute atomic E-state index is 0.146. The summed E-state index contributed by atoms with van der Waals surface area (Å²) in [6, 6.07) is 14.7. The third kappa shape index (κ3) is 3.81. The van der Waals surface area contributed by atoms with Crippen LogP contribution in [0.3, 0.4) is 0 Å². The normalized spacial score (nSPS) is 17.7. The molecule has 0 radical (unpaired) electrons. The van der Waals surface area contributed by atoms with Gasteiger partial charge in [0.15, 0.2) is 5.17 Å². The number of phenols is 1. The number of amidine groups is 1. The molecule has 1 aliphatic rings. The van der Waals surface area contributed by atoms with Crippen LogP contribution in [-0.4, -0.2) is 16.2 Å². The maximum absolute atomic E-state index is 12.0. The number of phenolic OH excluding ortho intramolecular Hbond substituents is 1. The van der Waals surface area contributed by atoms with E-state index in [1.807, 2.05) is 18.2 Å². The Morgan fingerprint density at radius 1 is 1.13 bits per heavy atom. The SMILES string of the molecule is CCc1ccc(/C=C2\SC(=Nc3ccc(O)cc3)NC2=O)cc1. The van der Waals surface area contributed by atoms with Crippen LogP contribution in [-0.2, 0) is 11.2 Å². The van der Waals surface area contributed by atoms with Crippen molar-refractivity contribution in [1.82, 2.24) is 5.32 Å². The zero-order valence-corrected chi connectivity index (χ0v) is 13.4. The molecule has 0 atom stereocenters. The highest BCUT2D eigenvalue weighted by molar-refractivity contribution is 8.18. The van der Waals surface area contributed by atoms with Gasteiger partial charge >= 0.3 is 0 Å². The summed E-state index contributed by atoms with van der Waals surface area (Å²) in [6.07, 6.45) is 2.86. The van der Waals surface area contributed by atoms with Gasteiger partial charge in [0.2, 0.25) is 0 Å². The van der Waals surface area contributed by atoms with Crippen LogP contribution in [0.5, 0.6) is 5.75 Å². The first-order chi connectivity index (χ1) is 11.1. The van der Waals surface area contributed by atoms with Gasteiger partial charge in [-0.05, 0) is 59.7 Å². The van der Waals surface area contributed by atoms with Crippen molar-refractivity contribution in [2.75, 3.05) is 0 Å². The highest BCUT2D eigenvalue weighted by atomic mass is 32.2. The smallest absolute Gasteiger partial charge is 0.264 e. The Morgan fingerprint density at radius 3 is 2.48 bits per heavy atom. The number of rotatable bonds is 3. The predicted molar refractivity (Wildman–Crippen MR) is 94.7 cm³/mol. The Morgan fingerprint density at radius 2 is 1.83 bits per heavy atom. The molecule has 0 spiro atoms. The predicted octanol–water partition coefficient (Wildman–Crippen LogP) is 3.85. The maximum atomic E-state index is 12.0. The number of amides is 1. The van der Waals surface area contributed by atoms with E-state index in [4.69, 9.17) is 0 Å². The van der Waals surface area contributed by atoms with E-state index < -0.39 is 0 Å². The van der Waals surface area contributed by atoms with Crippen molar-refractivity contribution in [3.05, 3.63) is 64.6 Å². The maximum Gasteiger partial charge on any atom is 0.264 e. The summed E-state index contributed by atoms with van der Waals surface area (Å²) in [5.74, 6) is 0.0419. The van der Waals surface area contributed by atoms with E-state index in [-0.39, 0.29) is 11.7 Å². The van der Waals surface area contributed by atoms with Gasteiger partial charge in [0.05, 0.1) is 10.6 Å². The monoisotopic (exact) mass is 324 g/mol. The highest BCUT2D eigenvalue weighted by Crippen LogP contribution is 2.28. The van der Waals surface area contributed by atoms with E-state index in [0.717, 1.165) is 12.0 Å². The van der Waals surface area contributed by atoms with Crippen LogP contribution in [0.1, 0.15) is 18.1 Å². The molecule has 1 fully saturated rings. The van der Waals surface area contributed by atoms with Gasteiger partial charge in [-0.25, -0.2) is 4.99 Å². The van der Waals surface area contributed by atoms with Gasteiger partial charge in [-0.3, -0.25) is 4.79 Å². The fourth-order valence-electron chi connectivity index (χ4n) is 2.13. The number of nitrogens with one attached hydrogen (secondary N) is 1. The molecular formula is C18H16N2O2S. The second kappa shape index (κ2) is 6.71. The third-order valence-corrected chi connectivity index (χ3v) is 4.33. The van der Waals surface area contributed by atoms with Crippen molar-refractivity contribution in [1.29, 1.82) is 0 Å².